The van der Waals surface area contributed by atoms with Gasteiger partial charge < -0.3 is 9.30 Å². The molecule has 0 aliphatic carbocycles. The van der Waals surface area contributed by atoms with Gasteiger partial charge in [-0.15, -0.1) is 0 Å². The Kier molecular flexibility index (Phi) is 3.68. The summed E-state index contributed by atoms with van der Waals surface area (Å²) in [4.78, 5) is 15.4. The fourth-order valence-electron chi connectivity index (χ4n) is 1.38. The van der Waals surface area contributed by atoms with Crippen LogP contribution in [0.25, 0.3) is 0 Å². The molecule has 0 fully saturated rings. The monoisotopic (exact) mass is 196 g/mol. The highest BCUT2D eigenvalue weighted by Gasteiger charge is 2.21. The van der Waals surface area contributed by atoms with Gasteiger partial charge in [0.25, 0.3) is 0 Å². The van der Waals surface area contributed by atoms with E-state index in [1.165, 1.54) is 7.11 Å². The van der Waals surface area contributed by atoms with E-state index in [4.69, 9.17) is 4.74 Å². The molecule has 1 rings (SSSR count). The van der Waals surface area contributed by atoms with Gasteiger partial charge in [0.05, 0.1) is 13.4 Å². The Balaban J connectivity index is 2.77. The largest absolute Gasteiger partial charge is 0.467 e. The van der Waals surface area contributed by atoms with E-state index in [1.54, 1.807) is 23.3 Å². The van der Waals surface area contributed by atoms with E-state index in [0.717, 1.165) is 6.42 Å². The summed E-state index contributed by atoms with van der Waals surface area (Å²) >= 11 is 0. The number of aromatic nitrogens is 2. The maximum Gasteiger partial charge on any atom is 0.328 e. The van der Waals surface area contributed by atoms with Gasteiger partial charge in [0.1, 0.15) is 6.04 Å². The Morgan fingerprint density at radius 1 is 1.57 bits per heavy atom. The van der Waals surface area contributed by atoms with Gasteiger partial charge in [0.2, 0.25) is 0 Å². The first kappa shape index (κ1) is 10.8. The molecule has 0 aliphatic heterocycles. The highest BCUT2D eigenvalue weighted by Crippen LogP contribution is 2.18. The number of ether oxygens (including phenoxy) is 1. The minimum atomic E-state index is -0.248. The Morgan fingerprint density at radius 2 is 2.29 bits per heavy atom. The standard InChI is InChI=1S/C10H16N2O2/c1-8(2)6-9(10(13)14-3)12-5-4-11-7-12/h4-5,7-9H,6H2,1-3H3. The van der Waals surface area contributed by atoms with E-state index in [0.29, 0.717) is 5.92 Å². The molecular formula is C10H16N2O2. The predicted octanol–water partition coefficient (Wildman–Crippen LogP) is 1.64. The van der Waals surface area contributed by atoms with Crippen molar-refractivity contribution in [3.63, 3.8) is 0 Å². The van der Waals surface area contributed by atoms with Gasteiger partial charge in [-0.2, -0.15) is 0 Å². The minimum Gasteiger partial charge on any atom is -0.467 e. The van der Waals surface area contributed by atoms with Crippen molar-refractivity contribution in [1.29, 1.82) is 0 Å². The zero-order valence-electron chi connectivity index (χ0n) is 8.80. The molecule has 0 bridgehead atoms. The Bertz CT molecular complexity index is 280. The van der Waals surface area contributed by atoms with Crippen LogP contribution in [0.15, 0.2) is 18.7 Å². The smallest absolute Gasteiger partial charge is 0.328 e. The molecule has 0 amide bonds. The minimum absolute atomic E-state index is 0.211. The fraction of sp³-hybridized carbons (Fsp3) is 0.600. The average molecular weight is 196 g/mol. The van der Waals surface area contributed by atoms with Crippen molar-refractivity contribution in [3.05, 3.63) is 18.7 Å². The summed E-state index contributed by atoms with van der Waals surface area (Å²) in [5.41, 5.74) is 0. The molecule has 0 aromatic carbocycles. The van der Waals surface area contributed by atoms with Crippen molar-refractivity contribution in [2.24, 2.45) is 5.92 Å². The number of hydrogen-bond donors (Lipinski definition) is 0. The molecule has 0 N–H and O–H groups in total. The second-order valence-corrected chi connectivity index (χ2v) is 3.68. The van der Waals surface area contributed by atoms with Gasteiger partial charge >= 0.3 is 5.97 Å². The quantitative estimate of drug-likeness (QED) is 0.688. The summed E-state index contributed by atoms with van der Waals surface area (Å²) in [6.45, 7) is 4.15. The molecule has 0 saturated carbocycles. The molecule has 0 spiro atoms. The summed E-state index contributed by atoms with van der Waals surface area (Å²) < 4.78 is 6.53. The van der Waals surface area contributed by atoms with Crippen LogP contribution in [-0.2, 0) is 9.53 Å². The second-order valence-electron chi connectivity index (χ2n) is 3.68. The summed E-state index contributed by atoms with van der Waals surface area (Å²) in [5.74, 6) is 0.234. The summed E-state index contributed by atoms with van der Waals surface area (Å²) in [6.07, 6.45) is 5.85. The van der Waals surface area contributed by atoms with E-state index in [1.807, 2.05) is 0 Å². The maximum absolute atomic E-state index is 11.5. The molecule has 14 heavy (non-hydrogen) atoms. The van der Waals surface area contributed by atoms with Crippen LogP contribution < -0.4 is 0 Å². The van der Waals surface area contributed by atoms with Crippen LogP contribution >= 0.6 is 0 Å². The second kappa shape index (κ2) is 4.79. The lowest BCUT2D eigenvalue weighted by Crippen LogP contribution is -2.21. The molecule has 4 nitrogen and oxygen atoms in total. The van der Waals surface area contributed by atoms with Crippen molar-refractivity contribution in [1.82, 2.24) is 9.55 Å². The van der Waals surface area contributed by atoms with Gasteiger partial charge in [-0.25, -0.2) is 9.78 Å². The summed E-state index contributed by atoms with van der Waals surface area (Å²) in [7, 11) is 1.41. The number of rotatable bonds is 4. The third-order valence-corrected chi connectivity index (χ3v) is 2.05. The normalized spacial score (nSPS) is 12.9. The number of imidazole rings is 1. The molecule has 1 atom stereocenters. The van der Waals surface area contributed by atoms with Crippen LogP contribution in [-0.4, -0.2) is 22.6 Å². The topological polar surface area (TPSA) is 44.1 Å². The van der Waals surface area contributed by atoms with Crippen LogP contribution in [0.2, 0.25) is 0 Å². The van der Waals surface area contributed by atoms with Gasteiger partial charge in [-0.3, -0.25) is 0 Å². The third kappa shape index (κ3) is 2.58. The molecule has 0 aliphatic rings. The van der Waals surface area contributed by atoms with Crippen molar-refractivity contribution >= 4 is 5.97 Å². The lowest BCUT2D eigenvalue weighted by molar-refractivity contribution is -0.145. The molecule has 1 unspecified atom stereocenters. The van der Waals surface area contributed by atoms with Crippen molar-refractivity contribution in [3.8, 4) is 0 Å². The zero-order chi connectivity index (χ0) is 10.6. The Morgan fingerprint density at radius 3 is 2.71 bits per heavy atom. The van der Waals surface area contributed by atoms with Gasteiger partial charge in [0.15, 0.2) is 0 Å². The zero-order valence-corrected chi connectivity index (χ0v) is 8.80. The van der Waals surface area contributed by atoms with Crippen molar-refractivity contribution in [2.45, 2.75) is 26.3 Å². The number of carbonyl (C=O) groups is 1. The van der Waals surface area contributed by atoms with Crippen LogP contribution in [0, 0.1) is 5.92 Å². The van der Waals surface area contributed by atoms with Gasteiger partial charge in [0, 0.05) is 12.4 Å². The average Bonchev–Trinajstić information content (AvgIpc) is 2.65. The van der Waals surface area contributed by atoms with Gasteiger partial charge in [-0.05, 0) is 12.3 Å². The number of nitrogens with zero attached hydrogens (tertiary/aromatic N) is 2. The van der Waals surface area contributed by atoms with Crippen molar-refractivity contribution in [2.75, 3.05) is 7.11 Å². The first-order chi connectivity index (χ1) is 6.65. The third-order valence-electron chi connectivity index (χ3n) is 2.05. The van der Waals surface area contributed by atoms with Crippen LogP contribution in [0.4, 0.5) is 0 Å². The van der Waals surface area contributed by atoms with E-state index in [-0.39, 0.29) is 12.0 Å². The molecule has 0 radical (unpaired) electrons. The lowest BCUT2D eigenvalue weighted by Gasteiger charge is -2.17. The first-order valence-corrected chi connectivity index (χ1v) is 4.70. The molecular weight excluding hydrogens is 180 g/mol. The van der Waals surface area contributed by atoms with E-state index in [9.17, 15) is 4.79 Å². The fourth-order valence-corrected chi connectivity index (χ4v) is 1.38. The number of carbonyl (C=O) groups excluding carboxylic acids is 1. The van der Waals surface area contributed by atoms with Crippen LogP contribution in [0.1, 0.15) is 26.3 Å². The predicted molar refractivity (Wildman–Crippen MR) is 52.7 cm³/mol. The van der Waals surface area contributed by atoms with Crippen molar-refractivity contribution < 1.29 is 9.53 Å². The highest BCUT2D eigenvalue weighted by atomic mass is 16.5. The van der Waals surface area contributed by atoms with E-state index < -0.39 is 0 Å². The summed E-state index contributed by atoms with van der Waals surface area (Å²) in [6, 6.07) is -0.248. The van der Waals surface area contributed by atoms with Gasteiger partial charge in [-0.1, -0.05) is 13.8 Å². The van der Waals surface area contributed by atoms with E-state index in [2.05, 4.69) is 18.8 Å². The highest BCUT2D eigenvalue weighted by molar-refractivity contribution is 5.74. The lowest BCUT2D eigenvalue weighted by atomic mass is 10.0. The maximum atomic E-state index is 11.5. The number of esters is 1. The molecule has 4 heteroatoms. The SMILES string of the molecule is COC(=O)C(CC(C)C)n1ccnc1. The Labute approximate surface area is 83.9 Å². The van der Waals surface area contributed by atoms with Crippen LogP contribution in [0.5, 0.6) is 0 Å². The van der Waals surface area contributed by atoms with Crippen LogP contribution in [0.3, 0.4) is 0 Å². The summed E-state index contributed by atoms with van der Waals surface area (Å²) in [5, 5.41) is 0. The molecule has 1 heterocycles. The molecule has 0 saturated heterocycles. The molecule has 1 aromatic rings. The van der Waals surface area contributed by atoms with E-state index >= 15 is 0 Å². The first-order valence-electron chi connectivity index (χ1n) is 4.70. The molecule has 78 valence electrons. The number of hydrogen-bond acceptors (Lipinski definition) is 3. The number of methoxy groups -OCH3 is 1. The molecule has 1 aromatic heterocycles. The Hall–Kier alpha value is -1.32.